The average molecular weight is 1090 g/mol. The van der Waals surface area contributed by atoms with Crippen molar-refractivity contribution in [2.75, 3.05) is 26.4 Å². The van der Waals surface area contributed by atoms with Crippen LogP contribution in [0.4, 0.5) is 0 Å². The van der Waals surface area contributed by atoms with Crippen molar-refractivity contribution in [2.24, 2.45) is 33.5 Å². The third-order valence-electron chi connectivity index (χ3n) is 20.3. The quantitative estimate of drug-likeness (QED) is 0.0804. The number of hydrogen-bond acceptors (Lipinski definition) is 24. The predicted octanol–water partition coefficient (Wildman–Crippen LogP) is -3.29. The van der Waals surface area contributed by atoms with Gasteiger partial charge in [-0.3, -0.25) is 9.59 Å². The summed E-state index contributed by atoms with van der Waals surface area (Å²) in [4.78, 5) is 27.7. The normalized spacial score (nSPS) is 54.6. The molecular formula is C52H82O24. The Balaban J connectivity index is 0.906. The third-order valence-corrected chi connectivity index (χ3v) is 20.3. The fraction of sp³-hybridized carbons (Fsp3) is 0.923. The Morgan fingerprint density at radius 3 is 1.95 bits per heavy atom. The molecule has 29 atom stereocenters. The van der Waals surface area contributed by atoms with Crippen LogP contribution in [0.5, 0.6) is 0 Å². The van der Waals surface area contributed by atoms with Crippen molar-refractivity contribution in [1.29, 1.82) is 0 Å². The highest BCUT2D eigenvalue weighted by Crippen LogP contribution is 2.74. The first kappa shape index (κ1) is 58.8. The molecular weight excluding hydrogens is 1010 g/mol. The number of rotatable bonds is 13. The second-order valence-corrected chi connectivity index (χ2v) is 24.1. The lowest BCUT2D eigenvalue weighted by molar-refractivity contribution is -0.390. The van der Waals surface area contributed by atoms with E-state index in [1.165, 1.54) is 6.92 Å². The van der Waals surface area contributed by atoms with Crippen LogP contribution in [0.1, 0.15) is 99.8 Å². The Kier molecular flexibility index (Phi) is 16.7. The highest BCUT2D eigenvalue weighted by molar-refractivity contribution is 5.98. The Bertz CT molecular complexity index is 2150. The van der Waals surface area contributed by atoms with Gasteiger partial charge in [0.2, 0.25) is 0 Å². The molecule has 4 aliphatic carbocycles. The van der Waals surface area contributed by atoms with Gasteiger partial charge in [0.05, 0.1) is 44.1 Å². The highest BCUT2D eigenvalue weighted by Gasteiger charge is 2.79. The predicted molar refractivity (Wildman–Crippen MR) is 255 cm³/mol. The Labute approximate surface area is 440 Å². The number of allylic oxidation sites excluding steroid dienone is 2. The smallest absolute Gasteiger partial charge is 0.187 e. The molecule has 5 aliphatic heterocycles. The third kappa shape index (κ3) is 8.86. The highest BCUT2D eigenvalue weighted by atomic mass is 16.8. The number of fused-ring (bicyclic) bond motifs is 5. The number of Topliss-reactive ketones (excluding diaryl/α,β-unsaturated/α-hetero) is 2. The fourth-order valence-electron chi connectivity index (χ4n) is 15.5. The maximum Gasteiger partial charge on any atom is 0.187 e. The van der Waals surface area contributed by atoms with Gasteiger partial charge in [0.1, 0.15) is 103 Å². The van der Waals surface area contributed by atoms with E-state index in [2.05, 4.69) is 6.92 Å². The first-order chi connectivity index (χ1) is 35.7. The lowest BCUT2D eigenvalue weighted by Crippen LogP contribution is -2.66. The summed E-state index contributed by atoms with van der Waals surface area (Å²) in [7, 11) is 0. The van der Waals surface area contributed by atoms with Gasteiger partial charge in [-0.2, -0.15) is 0 Å². The Morgan fingerprint density at radius 1 is 0.671 bits per heavy atom. The van der Waals surface area contributed by atoms with Crippen molar-refractivity contribution < 1.29 is 119 Å². The Hall–Kier alpha value is -1.80. The number of aliphatic hydroxyl groups is 13. The molecule has 5 heterocycles. The van der Waals surface area contributed by atoms with Crippen molar-refractivity contribution in [1.82, 2.24) is 0 Å². The van der Waals surface area contributed by atoms with Gasteiger partial charge in [-0.15, -0.1) is 0 Å². The maximum absolute atomic E-state index is 14.7. The second kappa shape index (κ2) is 21.5. The number of hydrogen-bond donors (Lipinski definition) is 13. The molecule has 7 fully saturated rings. The van der Waals surface area contributed by atoms with Crippen LogP contribution in [0.15, 0.2) is 11.1 Å². The summed E-state index contributed by atoms with van der Waals surface area (Å²) in [6.45, 7) is 10.8. The zero-order valence-corrected chi connectivity index (χ0v) is 44.1. The summed E-state index contributed by atoms with van der Waals surface area (Å²) in [5.41, 5.74) is -2.63. The van der Waals surface area contributed by atoms with Crippen molar-refractivity contribution in [3.05, 3.63) is 11.1 Å². The number of ether oxygens (including phenoxy) is 9. The lowest BCUT2D eigenvalue weighted by Gasteiger charge is -2.63. The zero-order valence-electron chi connectivity index (χ0n) is 44.1. The van der Waals surface area contributed by atoms with E-state index in [4.69, 9.17) is 42.6 Å². The molecule has 1 spiro atoms. The summed E-state index contributed by atoms with van der Waals surface area (Å²) >= 11 is 0. The topological polar surface area (TPSA) is 380 Å². The van der Waals surface area contributed by atoms with Gasteiger partial charge in [-0.1, -0.05) is 45.8 Å². The number of ketones is 2. The van der Waals surface area contributed by atoms with E-state index < -0.39 is 182 Å². The van der Waals surface area contributed by atoms with Crippen molar-refractivity contribution in [2.45, 2.75) is 240 Å². The van der Waals surface area contributed by atoms with Crippen LogP contribution >= 0.6 is 0 Å². The van der Waals surface area contributed by atoms with Crippen LogP contribution < -0.4 is 0 Å². The minimum Gasteiger partial charge on any atom is -0.396 e. The number of aliphatic hydroxyl groups excluding tert-OH is 13. The van der Waals surface area contributed by atoms with Gasteiger partial charge >= 0.3 is 0 Å². The molecule has 434 valence electrons. The lowest BCUT2D eigenvalue weighted by atomic mass is 9.42. The van der Waals surface area contributed by atoms with E-state index in [0.29, 0.717) is 44.9 Å². The van der Waals surface area contributed by atoms with E-state index in [1.807, 2.05) is 27.7 Å². The van der Waals surface area contributed by atoms with Crippen molar-refractivity contribution >= 4 is 11.6 Å². The SMILES string of the molecule is CCC(=O)C1CC(C)C2(O1)C(O)C(=O)C1(C)C3=C(CCC12C)C1(C)CCC(OC2OC(COC4OCC(O)C(O)C4OC4OC(CO)C(O)C(O)C4OC4OC(C)C(O)C(O)C4O)C(O)C(O)C2O)C(C)(CO)C1CC3. The van der Waals surface area contributed by atoms with Crippen LogP contribution in [0.2, 0.25) is 0 Å². The molecule has 0 aromatic carbocycles. The zero-order chi connectivity index (χ0) is 55.5. The monoisotopic (exact) mass is 1090 g/mol. The van der Waals surface area contributed by atoms with Gasteiger partial charge in [-0.05, 0) is 76.0 Å². The average Bonchev–Trinajstić information content (AvgIpc) is 3.86. The van der Waals surface area contributed by atoms with E-state index in [0.717, 1.165) is 11.1 Å². The van der Waals surface area contributed by atoms with Crippen LogP contribution in [-0.4, -0.2) is 245 Å². The molecule has 2 saturated carbocycles. The molecule has 9 rings (SSSR count). The first-order valence-electron chi connectivity index (χ1n) is 27.1. The van der Waals surface area contributed by atoms with Gasteiger partial charge in [0.15, 0.2) is 36.7 Å². The largest absolute Gasteiger partial charge is 0.396 e. The molecule has 0 bridgehead atoms. The molecule has 24 heteroatoms. The molecule has 0 aromatic rings. The van der Waals surface area contributed by atoms with Crippen molar-refractivity contribution in [3.63, 3.8) is 0 Å². The number of carbonyl (C=O) groups is 2. The number of carbonyl (C=O) groups excluding carboxylic acids is 2. The standard InChI is InChI=1S/C52H82O24/c1-8-24(55)26-15-20(2)52(76-26)43(67)42(66)51(7)23-9-10-29-48(4,22(23)11-14-50(51,52)6)13-12-30(49(29,5)19-54)73-45-39(65)36(62)34(60)28(72-45)18-69-46-40(32(58)25(56)17-68-46)75-47-41(37(63)33(59)27(16-53)71-47)74-44-38(64)35(61)31(57)21(3)70-44/h20-21,25-41,43-47,53-54,56-65,67H,8-19H2,1-7H3. The Morgan fingerprint density at radius 2 is 1.29 bits per heavy atom. The van der Waals surface area contributed by atoms with E-state index in [1.54, 1.807) is 6.92 Å². The van der Waals surface area contributed by atoms with E-state index in [-0.39, 0.29) is 36.4 Å². The summed E-state index contributed by atoms with van der Waals surface area (Å²) in [5, 5.41) is 143. The molecule has 0 radical (unpaired) electrons. The van der Waals surface area contributed by atoms with Gasteiger partial charge < -0.3 is 109 Å². The first-order valence-corrected chi connectivity index (χ1v) is 27.1. The second-order valence-electron chi connectivity index (χ2n) is 24.1. The molecule has 76 heavy (non-hydrogen) atoms. The summed E-state index contributed by atoms with van der Waals surface area (Å²) in [5.74, 6) is -0.860. The summed E-state index contributed by atoms with van der Waals surface area (Å²) in [6, 6.07) is 0. The molecule has 0 aromatic heterocycles. The maximum atomic E-state index is 14.7. The summed E-state index contributed by atoms with van der Waals surface area (Å²) < 4.78 is 54.2. The molecule has 24 nitrogen and oxygen atoms in total. The molecule has 0 amide bonds. The fourth-order valence-corrected chi connectivity index (χ4v) is 15.5. The van der Waals surface area contributed by atoms with Gasteiger partial charge in [0, 0.05) is 17.3 Å². The summed E-state index contributed by atoms with van der Waals surface area (Å²) in [6.07, 6.45) is -31.3. The minimum atomic E-state index is -1.93. The van der Waals surface area contributed by atoms with E-state index >= 15 is 0 Å². The van der Waals surface area contributed by atoms with Gasteiger partial charge in [0.25, 0.3) is 0 Å². The van der Waals surface area contributed by atoms with Gasteiger partial charge in [-0.25, -0.2) is 0 Å². The molecule has 29 unspecified atom stereocenters. The van der Waals surface area contributed by atoms with Crippen molar-refractivity contribution in [3.8, 4) is 0 Å². The van der Waals surface area contributed by atoms with E-state index in [9.17, 15) is 76.0 Å². The van der Waals surface area contributed by atoms with Crippen LogP contribution in [0.3, 0.4) is 0 Å². The van der Waals surface area contributed by atoms with Crippen LogP contribution in [-0.2, 0) is 52.2 Å². The van der Waals surface area contributed by atoms with Crippen LogP contribution in [0, 0.1) is 33.5 Å². The molecule has 9 aliphatic rings. The minimum absolute atomic E-state index is 0.0595. The van der Waals surface area contributed by atoms with Crippen LogP contribution in [0.25, 0.3) is 0 Å². The molecule has 5 saturated heterocycles. The molecule has 13 N–H and O–H groups in total.